The molecule has 0 aliphatic rings. The molecule has 0 aliphatic carbocycles. The smallest absolute Gasteiger partial charge is 0.126 e. The van der Waals surface area contributed by atoms with Crippen LogP contribution in [0, 0.1) is 18.6 Å². The largest absolute Gasteiger partial charge is 0.310 e. The van der Waals surface area contributed by atoms with Gasteiger partial charge in [0.05, 0.1) is 0 Å². The fraction of sp³-hybridized carbons (Fsp3) is 0.333. The maximum Gasteiger partial charge on any atom is 0.126 e. The van der Waals surface area contributed by atoms with Crippen molar-refractivity contribution in [1.82, 2.24) is 5.32 Å². The summed E-state index contributed by atoms with van der Waals surface area (Å²) < 4.78 is 26.8. The molecule has 0 spiro atoms. The van der Waals surface area contributed by atoms with Gasteiger partial charge in [-0.25, -0.2) is 8.78 Å². The first-order chi connectivity index (χ1) is 10.1. The third-order valence-corrected chi connectivity index (χ3v) is 3.59. The maximum absolute atomic E-state index is 13.8. The van der Waals surface area contributed by atoms with E-state index >= 15 is 0 Å². The van der Waals surface area contributed by atoms with E-state index in [9.17, 15) is 8.78 Å². The molecule has 0 amide bonds. The highest BCUT2D eigenvalue weighted by Gasteiger charge is 2.13. The normalized spacial score (nSPS) is 12.4. The second-order valence-corrected chi connectivity index (χ2v) is 5.35. The number of aryl methyl sites for hydroxylation is 1. The number of halogens is 2. The Hall–Kier alpha value is -1.74. The van der Waals surface area contributed by atoms with Gasteiger partial charge in [-0.15, -0.1) is 0 Å². The van der Waals surface area contributed by atoms with E-state index < -0.39 is 0 Å². The van der Waals surface area contributed by atoms with Gasteiger partial charge in [0.2, 0.25) is 0 Å². The maximum atomic E-state index is 13.8. The molecule has 0 aliphatic heterocycles. The van der Waals surface area contributed by atoms with Crippen molar-refractivity contribution in [1.29, 1.82) is 0 Å². The van der Waals surface area contributed by atoms with E-state index in [0.29, 0.717) is 12.0 Å². The molecule has 2 rings (SSSR count). The van der Waals surface area contributed by atoms with E-state index in [1.54, 1.807) is 31.2 Å². The molecule has 0 aromatic heterocycles. The Balaban J connectivity index is 2.20. The third kappa shape index (κ3) is 4.36. The fourth-order valence-electron chi connectivity index (χ4n) is 2.31. The number of nitrogens with one attached hydrogen (secondary N) is 1. The first kappa shape index (κ1) is 15.6. The molecule has 1 N–H and O–H groups in total. The van der Waals surface area contributed by atoms with Gasteiger partial charge in [-0.2, -0.15) is 0 Å². The van der Waals surface area contributed by atoms with Crippen molar-refractivity contribution in [3.63, 3.8) is 0 Å². The van der Waals surface area contributed by atoms with E-state index in [4.69, 9.17) is 0 Å². The van der Waals surface area contributed by atoms with E-state index in [0.717, 1.165) is 24.1 Å². The molecule has 0 heterocycles. The van der Waals surface area contributed by atoms with Crippen LogP contribution in [0.1, 0.15) is 36.1 Å². The van der Waals surface area contributed by atoms with Crippen molar-refractivity contribution in [3.05, 3.63) is 70.8 Å². The summed E-state index contributed by atoms with van der Waals surface area (Å²) in [5, 5.41) is 3.44. The summed E-state index contributed by atoms with van der Waals surface area (Å²) in [6, 6.07) is 11.9. The lowest BCUT2D eigenvalue weighted by atomic mass is 9.97. The van der Waals surface area contributed by atoms with Gasteiger partial charge in [-0.1, -0.05) is 31.2 Å². The molecule has 2 aromatic rings. The van der Waals surface area contributed by atoms with Crippen molar-refractivity contribution in [3.8, 4) is 0 Å². The van der Waals surface area contributed by atoms with Gasteiger partial charge in [0, 0.05) is 6.04 Å². The standard InChI is InChI=1S/C18H21F2N/c1-3-10-21-18(11-14-5-8-16(19)9-6-14)15-7-4-13(2)17(20)12-15/h4-9,12,18,21H,3,10-11H2,1-2H3. The summed E-state index contributed by atoms with van der Waals surface area (Å²) in [7, 11) is 0. The number of rotatable bonds is 6. The van der Waals surface area contributed by atoms with E-state index in [2.05, 4.69) is 12.2 Å². The molecule has 0 fully saturated rings. The van der Waals surface area contributed by atoms with Gasteiger partial charge >= 0.3 is 0 Å². The van der Waals surface area contributed by atoms with Crippen LogP contribution in [0.5, 0.6) is 0 Å². The average Bonchev–Trinajstić information content (AvgIpc) is 2.48. The molecule has 0 saturated carbocycles. The summed E-state index contributed by atoms with van der Waals surface area (Å²) in [6.07, 6.45) is 1.72. The average molecular weight is 289 g/mol. The van der Waals surface area contributed by atoms with Gasteiger partial charge in [0.25, 0.3) is 0 Å². The van der Waals surface area contributed by atoms with Crippen LogP contribution in [0.15, 0.2) is 42.5 Å². The Morgan fingerprint density at radius 1 is 1.05 bits per heavy atom. The minimum Gasteiger partial charge on any atom is -0.310 e. The molecule has 112 valence electrons. The highest BCUT2D eigenvalue weighted by atomic mass is 19.1. The zero-order valence-electron chi connectivity index (χ0n) is 12.5. The van der Waals surface area contributed by atoms with Gasteiger partial charge in [0.1, 0.15) is 11.6 Å². The first-order valence-corrected chi connectivity index (χ1v) is 7.34. The molecular weight excluding hydrogens is 268 g/mol. The lowest BCUT2D eigenvalue weighted by Gasteiger charge is -2.20. The Morgan fingerprint density at radius 3 is 2.38 bits per heavy atom. The summed E-state index contributed by atoms with van der Waals surface area (Å²) in [5.41, 5.74) is 2.61. The van der Waals surface area contributed by atoms with Crippen LogP contribution >= 0.6 is 0 Å². The third-order valence-electron chi connectivity index (χ3n) is 3.59. The van der Waals surface area contributed by atoms with Crippen LogP contribution in [0.2, 0.25) is 0 Å². The van der Waals surface area contributed by atoms with Crippen LogP contribution in [-0.2, 0) is 6.42 Å². The monoisotopic (exact) mass is 289 g/mol. The lowest BCUT2D eigenvalue weighted by molar-refractivity contribution is 0.523. The summed E-state index contributed by atoms with van der Waals surface area (Å²) in [5.74, 6) is -0.423. The Bertz CT molecular complexity index is 578. The second-order valence-electron chi connectivity index (χ2n) is 5.35. The Morgan fingerprint density at radius 2 is 1.76 bits per heavy atom. The van der Waals surface area contributed by atoms with Crippen molar-refractivity contribution in [2.45, 2.75) is 32.7 Å². The molecule has 0 bridgehead atoms. The van der Waals surface area contributed by atoms with Crippen molar-refractivity contribution in [2.75, 3.05) is 6.54 Å². The molecular formula is C18H21F2N. The fourth-order valence-corrected chi connectivity index (χ4v) is 2.31. The lowest BCUT2D eigenvalue weighted by Crippen LogP contribution is -2.24. The van der Waals surface area contributed by atoms with Crippen LogP contribution in [0.25, 0.3) is 0 Å². The van der Waals surface area contributed by atoms with Crippen LogP contribution in [0.4, 0.5) is 8.78 Å². The minimum absolute atomic E-state index is 0.0329. The topological polar surface area (TPSA) is 12.0 Å². The minimum atomic E-state index is -0.238. The number of benzene rings is 2. The Kier molecular flexibility index (Phi) is 5.45. The molecule has 0 radical (unpaired) electrons. The second kappa shape index (κ2) is 7.32. The highest BCUT2D eigenvalue weighted by molar-refractivity contribution is 5.28. The van der Waals surface area contributed by atoms with E-state index in [1.807, 2.05) is 6.07 Å². The summed E-state index contributed by atoms with van der Waals surface area (Å²) >= 11 is 0. The van der Waals surface area contributed by atoms with E-state index in [1.165, 1.54) is 12.1 Å². The molecule has 1 atom stereocenters. The molecule has 1 nitrogen and oxygen atoms in total. The number of hydrogen-bond acceptors (Lipinski definition) is 1. The van der Waals surface area contributed by atoms with Crippen molar-refractivity contribution < 1.29 is 8.78 Å². The zero-order valence-corrected chi connectivity index (χ0v) is 12.5. The molecule has 2 aromatic carbocycles. The highest BCUT2D eigenvalue weighted by Crippen LogP contribution is 2.21. The first-order valence-electron chi connectivity index (χ1n) is 7.34. The van der Waals surface area contributed by atoms with Gasteiger partial charge in [-0.3, -0.25) is 0 Å². The molecule has 1 unspecified atom stereocenters. The van der Waals surface area contributed by atoms with Crippen LogP contribution < -0.4 is 5.32 Å². The zero-order chi connectivity index (χ0) is 15.2. The Labute approximate surface area is 125 Å². The number of hydrogen-bond donors (Lipinski definition) is 1. The van der Waals surface area contributed by atoms with E-state index in [-0.39, 0.29) is 17.7 Å². The quantitative estimate of drug-likeness (QED) is 0.822. The van der Waals surface area contributed by atoms with Gasteiger partial charge in [-0.05, 0) is 61.2 Å². The van der Waals surface area contributed by atoms with Gasteiger partial charge in [0.15, 0.2) is 0 Å². The van der Waals surface area contributed by atoms with Crippen molar-refractivity contribution >= 4 is 0 Å². The summed E-state index contributed by atoms with van der Waals surface area (Å²) in [6.45, 7) is 4.71. The van der Waals surface area contributed by atoms with Crippen LogP contribution in [-0.4, -0.2) is 6.54 Å². The van der Waals surface area contributed by atoms with Gasteiger partial charge < -0.3 is 5.32 Å². The molecule has 0 saturated heterocycles. The molecule has 3 heteroatoms. The summed E-state index contributed by atoms with van der Waals surface area (Å²) in [4.78, 5) is 0. The molecule has 21 heavy (non-hydrogen) atoms. The predicted octanol–water partition coefficient (Wildman–Crippen LogP) is 4.56. The predicted molar refractivity (Wildman–Crippen MR) is 82.3 cm³/mol. The van der Waals surface area contributed by atoms with Crippen LogP contribution in [0.3, 0.4) is 0 Å². The van der Waals surface area contributed by atoms with Crippen molar-refractivity contribution in [2.24, 2.45) is 0 Å². The SMILES string of the molecule is CCCNC(Cc1ccc(F)cc1)c1ccc(C)c(F)c1.